The van der Waals surface area contributed by atoms with Gasteiger partial charge in [-0.25, -0.2) is 4.98 Å². The van der Waals surface area contributed by atoms with Gasteiger partial charge in [0.1, 0.15) is 24.2 Å². The number of esters is 1. The van der Waals surface area contributed by atoms with Crippen LogP contribution in [0.25, 0.3) is 0 Å². The number of methoxy groups -OCH3 is 1. The molecule has 1 saturated heterocycles. The molecule has 2 atom stereocenters. The van der Waals surface area contributed by atoms with E-state index in [2.05, 4.69) is 25.0 Å². The van der Waals surface area contributed by atoms with E-state index >= 15 is 0 Å². The molecule has 0 radical (unpaired) electrons. The lowest BCUT2D eigenvalue weighted by molar-refractivity contribution is -0.141. The molecule has 2 amide bonds. The van der Waals surface area contributed by atoms with Crippen molar-refractivity contribution >= 4 is 62.0 Å². The van der Waals surface area contributed by atoms with Gasteiger partial charge in [0, 0.05) is 5.38 Å². The average Bonchev–Trinajstić information content (AvgIpc) is 3.04. The van der Waals surface area contributed by atoms with Crippen molar-refractivity contribution in [2.45, 2.75) is 11.4 Å². The number of nitrogens with one attached hydrogen (secondary N) is 1. The molecule has 0 spiro atoms. The molecular formula is C12H15N5O8S3. The van der Waals surface area contributed by atoms with E-state index in [0.717, 1.165) is 18.4 Å². The second kappa shape index (κ2) is 8.72. The van der Waals surface area contributed by atoms with Crippen LogP contribution in [0, 0.1) is 0 Å². The van der Waals surface area contributed by atoms with Gasteiger partial charge in [-0.2, -0.15) is 12.7 Å². The highest BCUT2D eigenvalue weighted by molar-refractivity contribution is 8.01. The molecule has 0 aromatic carbocycles. The highest BCUT2D eigenvalue weighted by Crippen LogP contribution is 2.32. The molecule has 0 unspecified atom stereocenters. The zero-order valence-corrected chi connectivity index (χ0v) is 16.8. The van der Waals surface area contributed by atoms with Crippen molar-refractivity contribution in [3.05, 3.63) is 11.1 Å². The van der Waals surface area contributed by atoms with Gasteiger partial charge < -0.3 is 20.6 Å². The van der Waals surface area contributed by atoms with E-state index in [1.807, 2.05) is 0 Å². The van der Waals surface area contributed by atoms with Gasteiger partial charge in [0.25, 0.3) is 11.8 Å². The Hall–Kier alpha value is -2.43. The van der Waals surface area contributed by atoms with E-state index in [-0.39, 0.29) is 26.6 Å². The molecule has 2 rings (SSSR count). The molecule has 0 aliphatic carbocycles. The van der Waals surface area contributed by atoms with Crippen molar-refractivity contribution in [2.75, 3.05) is 25.7 Å². The highest BCUT2D eigenvalue weighted by atomic mass is 32.2. The van der Waals surface area contributed by atoms with Crippen molar-refractivity contribution in [1.82, 2.24) is 14.6 Å². The van der Waals surface area contributed by atoms with Crippen molar-refractivity contribution < 1.29 is 36.9 Å². The average molecular weight is 453 g/mol. The number of β-lactam (4-membered cyclic amide) rings is 1. The Kier molecular flexibility index (Phi) is 6.81. The predicted molar refractivity (Wildman–Crippen MR) is 98.7 cm³/mol. The minimum absolute atomic E-state index is 0.0824. The lowest BCUT2D eigenvalue weighted by atomic mass is 10.1. The lowest BCUT2D eigenvalue weighted by Gasteiger charge is -2.43. The van der Waals surface area contributed by atoms with Crippen LogP contribution in [-0.2, 0) is 34.3 Å². The summed E-state index contributed by atoms with van der Waals surface area (Å²) in [7, 11) is -2.58. The number of carbonyl (C=O) groups is 3. The van der Waals surface area contributed by atoms with Crippen LogP contribution in [-0.4, -0.2) is 77.1 Å². The fraction of sp³-hybridized carbons (Fsp3) is 0.417. The minimum atomic E-state index is -4.89. The number of oxime groups is 1. The van der Waals surface area contributed by atoms with Crippen LogP contribution >= 0.6 is 23.1 Å². The third kappa shape index (κ3) is 4.70. The number of anilines is 1. The number of nitrogens with zero attached hydrogens (tertiary/aromatic N) is 3. The van der Waals surface area contributed by atoms with E-state index in [4.69, 9.17) is 5.73 Å². The van der Waals surface area contributed by atoms with Crippen molar-refractivity contribution in [1.29, 1.82) is 0 Å². The van der Waals surface area contributed by atoms with Crippen LogP contribution in [0.5, 0.6) is 0 Å². The molecule has 28 heavy (non-hydrogen) atoms. The Morgan fingerprint density at radius 1 is 1.50 bits per heavy atom. The van der Waals surface area contributed by atoms with Crippen LogP contribution in [0.4, 0.5) is 5.13 Å². The molecule has 16 heteroatoms. The van der Waals surface area contributed by atoms with Crippen LogP contribution in [0.1, 0.15) is 5.69 Å². The van der Waals surface area contributed by atoms with Gasteiger partial charge in [0.15, 0.2) is 10.8 Å². The number of hydrogen-bond acceptors (Lipinski definition) is 12. The Morgan fingerprint density at radius 3 is 2.68 bits per heavy atom. The fourth-order valence-corrected chi connectivity index (χ4v) is 4.92. The van der Waals surface area contributed by atoms with E-state index in [1.54, 1.807) is 0 Å². The number of nitrogens with two attached hydrogens (primary N) is 1. The number of amides is 2. The minimum Gasteiger partial charge on any atom is -0.468 e. The largest absolute Gasteiger partial charge is 0.468 e. The number of ether oxygens (including phenoxy) is 1. The smallest absolute Gasteiger partial charge is 0.363 e. The van der Waals surface area contributed by atoms with Gasteiger partial charge in [-0.05, 0) is 0 Å². The standard InChI is InChI=1S/C12H15N5O8S3/c1-24-6(18)4-26-11-8(10(20)17(11)28(21,22)23)15-9(19)7(16-25-2)5-3-27-12(13)14-5/h3,8,11H,4H2,1-2H3,(H2,13,14)(H,15,19)(H,21,22,23)/b16-7+/t8-,11-/m1/s1. The maximum absolute atomic E-state index is 12.5. The normalized spacial score (nSPS) is 19.8. The zero-order valence-electron chi connectivity index (χ0n) is 14.4. The summed E-state index contributed by atoms with van der Waals surface area (Å²) < 4.78 is 36.6. The lowest BCUT2D eigenvalue weighted by Crippen LogP contribution is -2.71. The van der Waals surface area contributed by atoms with E-state index in [0.29, 0.717) is 11.8 Å². The second-order valence-electron chi connectivity index (χ2n) is 5.03. The SMILES string of the molecule is CO/N=C(/C(=O)N[C@@H]1C(=O)N(S(=O)(=O)O)[C@@H]1SCC(=O)OC)c1csc(N)n1. The maximum Gasteiger partial charge on any atom is 0.363 e. The fourth-order valence-electron chi connectivity index (χ4n) is 2.09. The van der Waals surface area contributed by atoms with Crippen LogP contribution < -0.4 is 11.1 Å². The van der Waals surface area contributed by atoms with Crippen molar-refractivity contribution in [2.24, 2.45) is 5.16 Å². The van der Waals surface area contributed by atoms with Gasteiger partial charge in [0.2, 0.25) is 0 Å². The molecule has 1 aliphatic heterocycles. The summed E-state index contributed by atoms with van der Waals surface area (Å²) in [4.78, 5) is 44.4. The zero-order chi connectivity index (χ0) is 21.1. The first-order valence-corrected chi connectivity index (χ1v) is 10.5. The molecule has 4 N–H and O–H groups in total. The second-order valence-corrected chi connectivity index (χ2v) is 8.32. The third-order valence-corrected chi connectivity index (χ3v) is 6.23. The van der Waals surface area contributed by atoms with E-state index in [1.165, 1.54) is 12.5 Å². The molecule has 13 nitrogen and oxygen atoms in total. The van der Waals surface area contributed by atoms with Gasteiger partial charge in [0.05, 0.1) is 12.9 Å². The van der Waals surface area contributed by atoms with E-state index < -0.39 is 39.5 Å². The quantitative estimate of drug-likeness (QED) is 0.136. The molecule has 1 aromatic rings. The Labute approximate surface area is 167 Å². The molecule has 1 aromatic heterocycles. The number of aromatic nitrogens is 1. The Bertz CT molecular complexity index is 914. The van der Waals surface area contributed by atoms with Gasteiger partial charge >= 0.3 is 16.3 Å². The van der Waals surface area contributed by atoms with Crippen LogP contribution in [0.2, 0.25) is 0 Å². The molecule has 1 fully saturated rings. The summed E-state index contributed by atoms with van der Waals surface area (Å²) in [6.45, 7) is 0. The monoisotopic (exact) mass is 453 g/mol. The van der Waals surface area contributed by atoms with E-state index in [9.17, 15) is 27.4 Å². The Balaban J connectivity index is 2.21. The number of carbonyl (C=O) groups excluding carboxylic acids is 3. The summed E-state index contributed by atoms with van der Waals surface area (Å²) >= 11 is 1.72. The van der Waals surface area contributed by atoms with Crippen molar-refractivity contribution in [3.8, 4) is 0 Å². The first-order valence-electron chi connectivity index (χ1n) is 7.22. The summed E-state index contributed by atoms with van der Waals surface area (Å²) in [5.41, 5.74) is 5.30. The van der Waals surface area contributed by atoms with Gasteiger partial charge in [-0.3, -0.25) is 18.9 Å². The molecule has 0 saturated carbocycles. The molecule has 1 aliphatic rings. The number of thiazole rings is 1. The number of nitrogen functional groups attached to an aromatic ring is 1. The predicted octanol–water partition coefficient (Wildman–Crippen LogP) is -1.56. The summed E-state index contributed by atoms with van der Waals surface area (Å²) in [6.07, 6.45) is 0. The molecule has 0 bridgehead atoms. The summed E-state index contributed by atoms with van der Waals surface area (Å²) in [5, 5.41) is 6.16. The first kappa shape index (κ1) is 21.9. The molecule has 2 heterocycles. The molecular weight excluding hydrogens is 438 g/mol. The third-order valence-electron chi connectivity index (χ3n) is 3.30. The first-order chi connectivity index (χ1) is 13.1. The van der Waals surface area contributed by atoms with Gasteiger partial charge in [-0.1, -0.05) is 5.16 Å². The summed E-state index contributed by atoms with van der Waals surface area (Å²) in [5.74, 6) is -3.00. The highest BCUT2D eigenvalue weighted by Gasteiger charge is 2.54. The number of rotatable bonds is 8. The number of hydrogen-bond donors (Lipinski definition) is 3. The maximum atomic E-state index is 12.5. The Morgan fingerprint density at radius 2 is 2.18 bits per heavy atom. The van der Waals surface area contributed by atoms with Gasteiger partial charge in [-0.15, -0.1) is 23.1 Å². The summed E-state index contributed by atoms with van der Waals surface area (Å²) in [6, 6.07) is -1.36. The topological polar surface area (TPSA) is 191 Å². The van der Waals surface area contributed by atoms with Crippen LogP contribution in [0.3, 0.4) is 0 Å². The molecule has 154 valence electrons. The number of thioether (sulfide) groups is 1. The van der Waals surface area contributed by atoms with Crippen LogP contribution in [0.15, 0.2) is 10.5 Å². The van der Waals surface area contributed by atoms with Crippen molar-refractivity contribution in [3.63, 3.8) is 0 Å².